The zero-order chi connectivity index (χ0) is 32.8. The van der Waals surface area contributed by atoms with Crippen LogP contribution in [0.3, 0.4) is 0 Å². The number of carbonyl (C=O) groups excluding carboxylic acids is 3. The Kier molecular flexibility index (Phi) is 26.1. The standard InChI is InChI=1S/C35H63N3O7/c1-4-6-8-10-12-14-16-18-20-22-33(39)44-30-32(45-35(41)23-21-19-17-15-13-11-9-7-5-2)29-38-28-31(36-37-38)24-25-34(40)43-27-26-42-3/h28,32H,4-27,29-30H2,1-3H3. The number of ether oxygens (including phenoxy) is 4. The van der Waals surface area contributed by atoms with E-state index in [0.717, 1.165) is 38.5 Å². The summed E-state index contributed by atoms with van der Waals surface area (Å²) in [5.41, 5.74) is 0.626. The average molecular weight is 638 g/mol. The number of esters is 3. The van der Waals surface area contributed by atoms with E-state index >= 15 is 0 Å². The lowest BCUT2D eigenvalue weighted by atomic mass is 10.1. The molecule has 0 aromatic carbocycles. The van der Waals surface area contributed by atoms with E-state index in [1.165, 1.54) is 77.0 Å². The van der Waals surface area contributed by atoms with Gasteiger partial charge in [0.1, 0.15) is 13.2 Å². The van der Waals surface area contributed by atoms with Crippen LogP contribution in [-0.4, -0.2) is 65.9 Å². The van der Waals surface area contributed by atoms with E-state index in [0.29, 0.717) is 31.6 Å². The highest BCUT2D eigenvalue weighted by molar-refractivity contribution is 5.70. The average Bonchev–Trinajstić information content (AvgIpc) is 3.48. The second-order valence-corrected chi connectivity index (χ2v) is 12.1. The minimum Gasteiger partial charge on any atom is -0.463 e. The Morgan fingerprint density at radius 2 is 1.18 bits per heavy atom. The van der Waals surface area contributed by atoms with E-state index in [-0.39, 0.29) is 44.1 Å². The van der Waals surface area contributed by atoms with Gasteiger partial charge in [0.2, 0.25) is 0 Å². The molecule has 0 saturated carbocycles. The van der Waals surface area contributed by atoms with Crippen molar-refractivity contribution in [3.8, 4) is 0 Å². The summed E-state index contributed by atoms with van der Waals surface area (Å²) in [6.07, 6.45) is 23.4. The van der Waals surface area contributed by atoms with Gasteiger partial charge in [-0.25, -0.2) is 4.68 Å². The fourth-order valence-electron chi connectivity index (χ4n) is 5.08. The molecule has 1 heterocycles. The van der Waals surface area contributed by atoms with Crippen LogP contribution in [0.15, 0.2) is 6.20 Å². The van der Waals surface area contributed by atoms with Crippen LogP contribution in [0.5, 0.6) is 0 Å². The van der Waals surface area contributed by atoms with Crippen LogP contribution in [-0.2, 0) is 46.3 Å². The van der Waals surface area contributed by atoms with Crippen LogP contribution < -0.4 is 0 Å². The summed E-state index contributed by atoms with van der Waals surface area (Å²) in [6, 6.07) is 0. The van der Waals surface area contributed by atoms with Crippen molar-refractivity contribution >= 4 is 17.9 Å². The van der Waals surface area contributed by atoms with Gasteiger partial charge in [0, 0.05) is 32.6 Å². The summed E-state index contributed by atoms with van der Waals surface area (Å²) < 4.78 is 22.8. The first-order valence-corrected chi connectivity index (χ1v) is 17.9. The highest BCUT2D eigenvalue weighted by Gasteiger charge is 2.19. The van der Waals surface area contributed by atoms with Crippen LogP contribution in [0.1, 0.15) is 154 Å². The van der Waals surface area contributed by atoms with Gasteiger partial charge in [0.15, 0.2) is 6.10 Å². The first-order valence-electron chi connectivity index (χ1n) is 17.9. The first-order chi connectivity index (χ1) is 22.0. The van der Waals surface area contributed by atoms with Gasteiger partial charge in [0.25, 0.3) is 0 Å². The third kappa shape index (κ3) is 24.4. The molecule has 1 aromatic heterocycles. The van der Waals surface area contributed by atoms with Gasteiger partial charge in [0.05, 0.1) is 25.3 Å². The van der Waals surface area contributed by atoms with E-state index in [2.05, 4.69) is 24.2 Å². The molecule has 0 fully saturated rings. The Labute approximate surface area is 272 Å². The number of methoxy groups -OCH3 is 1. The van der Waals surface area contributed by atoms with E-state index < -0.39 is 6.10 Å². The van der Waals surface area contributed by atoms with E-state index in [9.17, 15) is 14.4 Å². The Hall–Kier alpha value is -2.49. The highest BCUT2D eigenvalue weighted by atomic mass is 16.6. The Morgan fingerprint density at radius 3 is 1.73 bits per heavy atom. The minimum absolute atomic E-state index is 0.0270. The van der Waals surface area contributed by atoms with Crippen molar-refractivity contribution < 1.29 is 33.3 Å². The second kappa shape index (κ2) is 28.9. The third-order valence-electron chi connectivity index (χ3n) is 7.81. The quantitative estimate of drug-likeness (QED) is 0.0458. The molecule has 1 rings (SSSR count). The molecule has 260 valence electrons. The van der Waals surface area contributed by atoms with Gasteiger partial charge < -0.3 is 18.9 Å². The largest absolute Gasteiger partial charge is 0.463 e. The molecule has 0 spiro atoms. The number of rotatable bonds is 31. The van der Waals surface area contributed by atoms with Crippen LogP contribution >= 0.6 is 0 Å². The molecule has 0 amide bonds. The zero-order valence-electron chi connectivity index (χ0n) is 28.7. The summed E-state index contributed by atoms with van der Waals surface area (Å²) in [6.45, 7) is 5.20. The zero-order valence-corrected chi connectivity index (χ0v) is 28.7. The molecule has 0 saturated heterocycles. The first kappa shape index (κ1) is 40.5. The van der Waals surface area contributed by atoms with Crippen molar-refractivity contribution in [2.75, 3.05) is 26.9 Å². The van der Waals surface area contributed by atoms with Crippen LogP contribution in [0.4, 0.5) is 0 Å². The SMILES string of the molecule is CCCCCCCCCCCC(=O)OCC(Cn1cc(CCC(=O)OCCOC)nn1)OC(=O)CCCCCCCCCCC. The molecule has 0 radical (unpaired) electrons. The molecular weight excluding hydrogens is 574 g/mol. The van der Waals surface area contributed by atoms with Crippen LogP contribution in [0.2, 0.25) is 0 Å². The van der Waals surface area contributed by atoms with Crippen molar-refractivity contribution in [1.82, 2.24) is 15.0 Å². The Balaban J connectivity index is 2.48. The fourth-order valence-corrected chi connectivity index (χ4v) is 5.08. The molecule has 10 nitrogen and oxygen atoms in total. The lowest BCUT2D eigenvalue weighted by Gasteiger charge is -2.18. The summed E-state index contributed by atoms with van der Waals surface area (Å²) in [5, 5.41) is 8.26. The summed E-state index contributed by atoms with van der Waals surface area (Å²) in [4.78, 5) is 37.0. The van der Waals surface area contributed by atoms with Crippen molar-refractivity contribution in [3.05, 3.63) is 11.9 Å². The van der Waals surface area contributed by atoms with E-state index in [1.807, 2.05) is 0 Å². The number of hydrogen-bond acceptors (Lipinski definition) is 9. The minimum atomic E-state index is -0.670. The summed E-state index contributed by atoms with van der Waals surface area (Å²) in [5.74, 6) is -0.898. The molecule has 45 heavy (non-hydrogen) atoms. The molecule has 1 atom stereocenters. The topological polar surface area (TPSA) is 119 Å². The van der Waals surface area contributed by atoms with Crippen molar-refractivity contribution in [2.45, 2.75) is 168 Å². The maximum atomic E-state index is 12.7. The van der Waals surface area contributed by atoms with Crippen LogP contribution in [0.25, 0.3) is 0 Å². The molecule has 1 unspecified atom stereocenters. The van der Waals surface area contributed by atoms with Crippen molar-refractivity contribution in [3.63, 3.8) is 0 Å². The summed E-state index contributed by atoms with van der Waals surface area (Å²) in [7, 11) is 1.55. The van der Waals surface area contributed by atoms with Crippen molar-refractivity contribution in [2.24, 2.45) is 0 Å². The molecule has 1 aromatic rings. The normalized spacial score (nSPS) is 11.8. The van der Waals surface area contributed by atoms with Gasteiger partial charge in [-0.1, -0.05) is 122 Å². The van der Waals surface area contributed by atoms with Crippen molar-refractivity contribution in [1.29, 1.82) is 0 Å². The number of aromatic nitrogens is 3. The molecule has 10 heteroatoms. The fraction of sp³-hybridized carbons (Fsp3) is 0.857. The lowest BCUT2D eigenvalue weighted by molar-refractivity contribution is -0.160. The molecule has 0 aliphatic heterocycles. The summed E-state index contributed by atoms with van der Waals surface area (Å²) >= 11 is 0. The number of unbranched alkanes of at least 4 members (excludes halogenated alkanes) is 16. The predicted octanol–water partition coefficient (Wildman–Crippen LogP) is 7.70. The number of carbonyl (C=O) groups is 3. The number of hydrogen-bond donors (Lipinski definition) is 0. The van der Waals surface area contributed by atoms with Gasteiger partial charge in [-0.2, -0.15) is 0 Å². The predicted molar refractivity (Wildman–Crippen MR) is 176 cm³/mol. The maximum Gasteiger partial charge on any atom is 0.306 e. The second-order valence-electron chi connectivity index (χ2n) is 12.1. The van der Waals surface area contributed by atoms with Gasteiger partial charge in [-0.05, 0) is 12.8 Å². The smallest absolute Gasteiger partial charge is 0.306 e. The molecule has 0 aliphatic rings. The molecular formula is C35H63N3O7. The number of nitrogens with zero attached hydrogens (tertiary/aromatic N) is 3. The molecule has 0 bridgehead atoms. The monoisotopic (exact) mass is 637 g/mol. The Morgan fingerprint density at radius 1 is 0.667 bits per heavy atom. The Bertz CT molecular complexity index is 877. The molecule has 0 aliphatic carbocycles. The third-order valence-corrected chi connectivity index (χ3v) is 7.81. The maximum absolute atomic E-state index is 12.7. The van der Waals surface area contributed by atoms with E-state index in [1.54, 1.807) is 18.0 Å². The van der Waals surface area contributed by atoms with Gasteiger partial charge >= 0.3 is 17.9 Å². The number of aryl methyl sites for hydroxylation is 1. The lowest BCUT2D eigenvalue weighted by Crippen LogP contribution is -2.30. The van der Waals surface area contributed by atoms with Gasteiger partial charge in [-0.3, -0.25) is 14.4 Å². The van der Waals surface area contributed by atoms with Gasteiger partial charge in [-0.15, -0.1) is 5.10 Å². The van der Waals surface area contributed by atoms with E-state index in [4.69, 9.17) is 18.9 Å². The molecule has 0 N–H and O–H groups in total. The highest BCUT2D eigenvalue weighted by Crippen LogP contribution is 2.13. The van der Waals surface area contributed by atoms with Crippen LogP contribution in [0, 0.1) is 0 Å².